The van der Waals surface area contributed by atoms with E-state index in [1.807, 2.05) is 12.1 Å². The Balaban J connectivity index is 2.50. The summed E-state index contributed by atoms with van der Waals surface area (Å²) >= 11 is 5.16. The van der Waals surface area contributed by atoms with Crippen molar-refractivity contribution in [2.24, 2.45) is 0 Å². The molecule has 1 aromatic heterocycles. The summed E-state index contributed by atoms with van der Waals surface area (Å²) in [7, 11) is 0. The summed E-state index contributed by atoms with van der Waals surface area (Å²) in [5.74, 6) is 0.928. The largest absolute Gasteiger partial charge is 0.468 e. The van der Waals surface area contributed by atoms with E-state index in [2.05, 4.69) is 6.92 Å². The Morgan fingerprint density at radius 3 is 3.00 bits per heavy atom. The quantitative estimate of drug-likeness (QED) is 0.652. The lowest BCUT2D eigenvalue weighted by atomic mass is 10.2. The zero-order valence-electron chi connectivity index (χ0n) is 6.04. The van der Waals surface area contributed by atoms with Crippen LogP contribution in [-0.2, 0) is 0 Å². The van der Waals surface area contributed by atoms with Crippen LogP contribution in [0.2, 0.25) is 0 Å². The lowest BCUT2D eigenvalue weighted by Gasteiger charge is -2.02. The second-order valence-electron chi connectivity index (χ2n) is 2.29. The molecule has 1 nitrogen and oxygen atoms in total. The molecule has 0 saturated heterocycles. The SMILES string of the molecule is CCCC([S])c1ccco1. The summed E-state index contributed by atoms with van der Waals surface area (Å²) in [6, 6.07) is 3.82. The zero-order chi connectivity index (χ0) is 7.40. The number of furan rings is 1. The smallest absolute Gasteiger partial charge is 0.117 e. The van der Waals surface area contributed by atoms with Crippen molar-refractivity contribution in [2.75, 3.05) is 0 Å². The first-order valence-corrected chi connectivity index (χ1v) is 4.01. The molecular weight excluding hydrogens is 144 g/mol. The minimum absolute atomic E-state index is 0.167. The fourth-order valence-corrected chi connectivity index (χ4v) is 1.25. The Kier molecular flexibility index (Phi) is 2.87. The van der Waals surface area contributed by atoms with Gasteiger partial charge in [0.15, 0.2) is 0 Å². The van der Waals surface area contributed by atoms with Gasteiger partial charge >= 0.3 is 0 Å². The van der Waals surface area contributed by atoms with Crippen molar-refractivity contribution in [2.45, 2.75) is 25.0 Å². The minimum atomic E-state index is 0.167. The van der Waals surface area contributed by atoms with Crippen LogP contribution in [0.3, 0.4) is 0 Å². The standard InChI is InChI=1S/C8H11OS/c1-2-4-8(10)7-5-3-6-9-7/h3,5-6,8H,2,4H2,1H3. The summed E-state index contributed by atoms with van der Waals surface area (Å²) in [6.07, 6.45) is 3.82. The fraction of sp³-hybridized carbons (Fsp3) is 0.500. The van der Waals surface area contributed by atoms with Gasteiger partial charge in [-0.15, -0.1) is 0 Å². The molecule has 0 bridgehead atoms. The maximum atomic E-state index is 5.16. The molecular formula is C8H11OS. The Hall–Kier alpha value is -0.370. The molecule has 1 radical (unpaired) electrons. The summed E-state index contributed by atoms with van der Waals surface area (Å²) in [5, 5.41) is 0.167. The van der Waals surface area contributed by atoms with Crippen LogP contribution in [-0.4, -0.2) is 0 Å². The molecule has 55 valence electrons. The van der Waals surface area contributed by atoms with Crippen molar-refractivity contribution in [3.63, 3.8) is 0 Å². The lowest BCUT2D eigenvalue weighted by molar-refractivity contribution is 0.497. The van der Waals surface area contributed by atoms with E-state index in [1.54, 1.807) is 6.26 Å². The van der Waals surface area contributed by atoms with Crippen LogP contribution in [0.25, 0.3) is 0 Å². The third-order valence-electron chi connectivity index (χ3n) is 1.41. The van der Waals surface area contributed by atoms with E-state index in [-0.39, 0.29) is 5.25 Å². The van der Waals surface area contributed by atoms with Gasteiger partial charge in [-0.3, -0.25) is 0 Å². The van der Waals surface area contributed by atoms with Crippen molar-refractivity contribution in [1.29, 1.82) is 0 Å². The summed E-state index contributed by atoms with van der Waals surface area (Å²) in [4.78, 5) is 0. The van der Waals surface area contributed by atoms with E-state index >= 15 is 0 Å². The van der Waals surface area contributed by atoms with Crippen LogP contribution < -0.4 is 0 Å². The topological polar surface area (TPSA) is 13.1 Å². The van der Waals surface area contributed by atoms with E-state index in [0.29, 0.717) is 0 Å². The number of hydrogen-bond donors (Lipinski definition) is 0. The first-order valence-electron chi connectivity index (χ1n) is 3.53. The molecule has 1 aromatic rings. The van der Waals surface area contributed by atoms with Crippen molar-refractivity contribution >= 4 is 12.6 Å². The Labute approximate surface area is 66.8 Å². The van der Waals surface area contributed by atoms with Crippen LogP contribution in [0.4, 0.5) is 0 Å². The van der Waals surface area contributed by atoms with Gasteiger partial charge in [-0.1, -0.05) is 26.0 Å². The third-order valence-corrected chi connectivity index (χ3v) is 1.88. The molecule has 0 fully saturated rings. The fourth-order valence-electron chi connectivity index (χ4n) is 0.879. The van der Waals surface area contributed by atoms with Gasteiger partial charge in [-0.25, -0.2) is 0 Å². The summed E-state index contributed by atoms with van der Waals surface area (Å²) in [5.41, 5.74) is 0. The molecule has 0 N–H and O–H groups in total. The normalized spacial score (nSPS) is 13.4. The molecule has 0 saturated carbocycles. The first-order chi connectivity index (χ1) is 4.84. The van der Waals surface area contributed by atoms with E-state index < -0.39 is 0 Å². The van der Waals surface area contributed by atoms with Gasteiger partial charge in [0.1, 0.15) is 5.76 Å². The van der Waals surface area contributed by atoms with E-state index in [9.17, 15) is 0 Å². The van der Waals surface area contributed by atoms with Crippen molar-refractivity contribution in [1.82, 2.24) is 0 Å². The first kappa shape index (κ1) is 7.73. The molecule has 2 heteroatoms. The minimum Gasteiger partial charge on any atom is -0.468 e. The van der Waals surface area contributed by atoms with Gasteiger partial charge < -0.3 is 4.42 Å². The van der Waals surface area contributed by atoms with Gasteiger partial charge in [-0.05, 0) is 18.6 Å². The Morgan fingerprint density at radius 2 is 2.50 bits per heavy atom. The van der Waals surface area contributed by atoms with E-state index in [0.717, 1.165) is 18.6 Å². The van der Waals surface area contributed by atoms with Gasteiger partial charge in [-0.2, -0.15) is 0 Å². The second kappa shape index (κ2) is 3.71. The van der Waals surface area contributed by atoms with Gasteiger partial charge in [0, 0.05) is 0 Å². The Morgan fingerprint density at radius 1 is 1.70 bits per heavy atom. The molecule has 0 aliphatic carbocycles. The highest BCUT2D eigenvalue weighted by Gasteiger charge is 2.07. The van der Waals surface area contributed by atoms with E-state index in [4.69, 9.17) is 17.0 Å². The maximum absolute atomic E-state index is 5.16. The van der Waals surface area contributed by atoms with Crippen LogP contribution in [0.1, 0.15) is 30.8 Å². The third kappa shape index (κ3) is 1.81. The second-order valence-corrected chi connectivity index (χ2v) is 2.86. The zero-order valence-corrected chi connectivity index (χ0v) is 6.86. The number of hydrogen-bond acceptors (Lipinski definition) is 1. The molecule has 0 aliphatic heterocycles. The molecule has 1 rings (SSSR count). The molecule has 1 unspecified atom stereocenters. The van der Waals surface area contributed by atoms with Crippen molar-refractivity contribution in [3.8, 4) is 0 Å². The molecule has 1 heterocycles. The van der Waals surface area contributed by atoms with Crippen LogP contribution >= 0.6 is 12.6 Å². The monoisotopic (exact) mass is 155 g/mol. The average Bonchev–Trinajstić information content (AvgIpc) is 2.38. The highest BCUT2D eigenvalue weighted by molar-refractivity contribution is 7.80. The van der Waals surface area contributed by atoms with Gasteiger partial charge in [0.25, 0.3) is 0 Å². The molecule has 0 amide bonds. The van der Waals surface area contributed by atoms with Crippen LogP contribution in [0.15, 0.2) is 22.8 Å². The molecule has 1 atom stereocenters. The van der Waals surface area contributed by atoms with Crippen molar-refractivity contribution in [3.05, 3.63) is 24.2 Å². The highest BCUT2D eigenvalue weighted by atomic mass is 32.1. The molecule has 0 aliphatic rings. The highest BCUT2D eigenvalue weighted by Crippen LogP contribution is 2.24. The predicted molar refractivity (Wildman–Crippen MR) is 43.9 cm³/mol. The molecule has 0 aromatic carbocycles. The Bertz CT molecular complexity index is 169. The van der Waals surface area contributed by atoms with Gasteiger partial charge in [0.05, 0.1) is 11.5 Å². The number of rotatable bonds is 3. The summed E-state index contributed by atoms with van der Waals surface area (Å²) < 4.78 is 5.14. The summed E-state index contributed by atoms with van der Waals surface area (Å²) in [6.45, 7) is 2.13. The molecule has 10 heavy (non-hydrogen) atoms. The van der Waals surface area contributed by atoms with E-state index in [1.165, 1.54) is 0 Å². The van der Waals surface area contributed by atoms with Gasteiger partial charge in [0.2, 0.25) is 0 Å². The lowest BCUT2D eigenvalue weighted by Crippen LogP contribution is -1.85. The molecule has 0 spiro atoms. The van der Waals surface area contributed by atoms with Crippen LogP contribution in [0.5, 0.6) is 0 Å². The van der Waals surface area contributed by atoms with Crippen molar-refractivity contribution < 1.29 is 4.42 Å². The maximum Gasteiger partial charge on any atom is 0.117 e. The average molecular weight is 155 g/mol. The van der Waals surface area contributed by atoms with Crippen LogP contribution in [0, 0.1) is 0 Å². The predicted octanol–water partition coefficient (Wildman–Crippen LogP) is 3.32.